The van der Waals surface area contributed by atoms with Crippen molar-refractivity contribution >= 4 is 34.4 Å². The highest BCUT2D eigenvalue weighted by Gasteiger charge is 2.28. The van der Waals surface area contributed by atoms with Crippen LogP contribution in [0.5, 0.6) is 0 Å². The molecular formula is C26H23ClN8O. The molecule has 0 unspecified atom stereocenters. The average molecular weight is 499 g/mol. The number of nitrogens with zero attached hydrogens (tertiary/aromatic N) is 6. The molecule has 0 fully saturated rings. The number of benzene rings is 2. The summed E-state index contributed by atoms with van der Waals surface area (Å²) >= 11 is 6.54. The van der Waals surface area contributed by atoms with Crippen LogP contribution in [-0.2, 0) is 12.6 Å². The molecule has 0 aliphatic heterocycles. The predicted octanol–water partition coefficient (Wildman–Crippen LogP) is 4.39. The summed E-state index contributed by atoms with van der Waals surface area (Å²) < 4.78 is 1.63. The van der Waals surface area contributed by atoms with Gasteiger partial charge in [-0.3, -0.25) is 9.78 Å². The Morgan fingerprint density at radius 2 is 1.72 bits per heavy atom. The van der Waals surface area contributed by atoms with Crippen LogP contribution >= 0.6 is 11.6 Å². The van der Waals surface area contributed by atoms with Crippen molar-refractivity contribution in [2.24, 2.45) is 7.05 Å². The van der Waals surface area contributed by atoms with E-state index in [-0.39, 0.29) is 11.5 Å². The number of rotatable bonds is 5. The first-order valence-corrected chi connectivity index (χ1v) is 11.6. The number of nitrogen functional groups attached to an aromatic ring is 1. The van der Waals surface area contributed by atoms with Gasteiger partial charge in [-0.05, 0) is 38.1 Å². The first-order valence-electron chi connectivity index (χ1n) is 11.2. The fourth-order valence-electron chi connectivity index (χ4n) is 3.98. The Morgan fingerprint density at radius 3 is 2.44 bits per heavy atom. The van der Waals surface area contributed by atoms with Crippen LogP contribution in [0.1, 0.15) is 30.0 Å². The van der Waals surface area contributed by atoms with Crippen molar-refractivity contribution in [1.82, 2.24) is 35.3 Å². The smallest absolute Gasteiger partial charge is 0.274 e. The number of amides is 1. The maximum atomic E-state index is 13.4. The summed E-state index contributed by atoms with van der Waals surface area (Å²) in [7, 11) is 1.78. The third-order valence-corrected chi connectivity index (χ3v) is 6.15. The van der Waals surface area contributed by atoms with E-state index in [1.807, 2.05) is 68.4 Å². The molecule has 1 amide bonds. The van der Waals surface area contributed by atoms with Gasteiger partial charge in [-0.2, -0.15) is 0 Å². The van der Waals surface area contributed by atoms with Gasteiger partial charge in [-0.1, -0.05) is 53.2 Å². The molecule has 0 spiro atoms. The number of hydrogen-bond donors (Lipinski definition) is 2. The molecule has 3 heterocycles. The largest absolute Gasteiger partial charge is 0.382 e. The SMILES string of the molecule is Cn1nnc2c(Cl)cc(-c3nc(C(=O)NC(C)(C)c4ccccn4)c(N)nc3-c3ccccc3)cc21. The van der Waals surface area contributed by atoms with Crippen molar-refractivity contribution in [3.63, 3.8) is 0 Å². The lowest BCUT2D eigenvalue weighted by Gasteiger charge is -2.25. The highest BCUT2D eigenvalue weighted by molar-refractivity contribution is 6.35. The maximum absolute atomic E-state index is 13.4. The Hall–Kier alpha value is -4.37. The minimum Gasteiger partial charge on any atom is -0.382 e. The van der Waals surface area contributed by atoms with Crippen molar-refractivity contribution in [1.29, 1.82) is 0 Å². The molecule has 0 bridgehead atoms. The van der Waals surface area contributed by atoms with Crippen LogP contribution in [0.4, 0.5) is 5.82 Å². The van der Waals surface area contributed by atoms with E-state index < -0.39 is 11.4 Å². The topological polar surface area (TPSA) is 124 Å². The van der Waals surface area contributed by atoms with Crippen LogP contribution in [0.2, 0.25) is 5.02 Å². The van der Waals surface area contributed by atoms with Crippen LogP contribution in [-0.4, -0.2) is 35.9 Å². The molecule has 0 saturated carbocycles. The Bertz CT molecular complexity index is 1580. The summed E-state index contributed by atoms with van der Waals surface area (Å²) in [5.74, 6) is -0.452. The van der Waals surface area contributed by atoms with E-state index in [9.17, 15) is 4.79 Å². The summed E-state index contributed by atoms with van der Waals surface area (Å²) in [6.07, 6.45) is 1.68. The van der Waals surface area contributed by atoms with Crippen LogP contribution < -0.4 is 11.1 Å². The van der Waals surface area contributed by atoms with Gasteiger partial charge in [0.2, 0.25) is 0 Å². The minimum absolute atomic E-state index is 0.00744. The second-order valence-corrected chi connectivity index (χ2v) is 9.26. The Morgan fingerprint density at radius 1 is 1.00 bits per heavy atom. The molecule has 5 aromatic rings. The zero-order valence-corrected chi connectivity index (χ0v) is 20.7. The lowest BCUT2D eigenvalue weighted by molar-refractivity contribution is 0.0906. The number of fused-ring (bicyclic) bond motifs is 1. The zero-order valence-electron chi connectivity index (χ0n) is 19.9. The van der Waals surface area contributed by atoms with Crippen LogP contribution in [0.15, 0.2) is 66.9 Å². The number of nitrogens with two attached hydrogens (primary N) is 1. The number of carbonyl (C=O) groups excluding carboxylic acids is 1. The van der Waals surface area contributed by atoms with E-state index >= 15 is 0 Å². The van der Waals surface area contributed by atoms with E-state index in [0.29, 0.717) is 33.2 Å². The van der Waals surface area contributed by atoms with Crippen molar-refractivity contribution in [3.05, 3.63) is 83.3 Å². The number of aryl methyl sites for hydroxylation is 1. The number of anilines is 1. The highest BCUT2D eigenvalue weighted by atomic mass is 35.5. The van der Waals surface area contributed by atoms with Gasteiger partial charge < -0.3 is 11.1 Å². The van der Waals surface area contributed by atoms with Crippen LogP contribution in [0.3, 0.4) is 0 Å². The number of carbonyl (C=O) groups is 1. The molecule has 0 saturated heterocycles. The van der Waals surface area contributed by atoms with Gasteiger partial charge >= 0.3 is 0 Å². The van der Waals surface area contributed by atoms with E-state index in [2.05, 4.69) is 25.6 Å². The third kappa shape index (κ3) is 4.25. The van der Waals surface area contributed by atoms with Crippen molar-refractivity contribution < 1.29 is 4.79 Å². The molecule has 0 radical (unpaired) electrons. The second-order valence-electron chi connectivity index (χ2n) is 8.85. The quantitative estimate of drug-likeness (QED) is 0.368. The van der Waals surface area contributed by atoms with Crippen molar-refractivity contribution in [2.45, 2.75) is 19.4 Å². The fourth-order valence-corrected chi connectivity index (χ4v) is 4.23. The first-order chi connectivity index (χ1) is 17.2. The predicted molar refractivity (Wildman–Crippen MR) is 139 cm³/mol. The summed E-state index contributed by atoms with van der Waals surface area (Å²) in [5.41, 5.74) is 9.96. The molecule has 3 N–H and O–H groups in total. The van der Waals surface area contributed by atoms with Gasteiger partial charge in [0.25, 0.3) is 5.91 Å². The zero-order chi connectivity index (χ0) is 25.4. The number of hydrogen-bond acceptors (Lipinski definition) is 7. The summed E-state index contributed by atoms with van der Waals surface area (Å²) in [4.78, 5) is 27.1. The normalized spacial score (nSPS) is 11.6. The van der Waals surface area contributed by atoms with E-state index in [0.717, 1.165) is 11.1 Å². The summed E-state index contributed by atoms with van der Waals surface area (Å²) in [6.45, 7) is 3.72. The molecule has 2 aromatic carbocycles. The molecular weight excluding hydrogens is 476 g/mol. The molecule has 0 atom stereocenters. The number of aromatic nitrogens is 6. The number of nitrogens with one attached hydrogen (secondary N) is 1. The highest BCUT2D eigenvalue weighted by Crippen LogP contribution is 2.35. The van der Waals surface area contributed by atoms with Gasteiger partial charge in [0.1, 0.15) is 5.52 Å². The summed E-state index contributed by atoms with van der Waals surface area (Å²) in [5, 5.41) is 11.6. The van der Waals surface area contributed by atoms with Gasteiger partial charge in [0.15, 0.2) is 11.5 Å². The summed E-state index contributed by atoms with van der Waals surface area (Å²) in [6, 6.07) is 18.7. The van der Waals surface area contributed by atoms with Gasteiger partial charge in [0.05, 0.1) is 33.2 Å². The molecule has 0 aliphatic carbocycles. The van der Waals surface area contributed by atoms with Crippen LogP contribution in [0, 0.1) is 0 Å². The lowest BCUT2D eigenvalue weighted by atomic mass is 9.99. The molecule has 9 nitrogen and oxygen atoms in total. The first kappa shape index (κ1) is 23.4. The number of pyridine rings is 1. The third-order valence-electron chi connectivity index (χ3n) is 5.86. The average Bonchev–Trinajstić information content (AvgIpc) is 3.25. The Balaban J connectivity index is 1.66. The van der Waals surface area contributed by atoms with E-state index in [4.69, 9.17) is 22.3 Å². The molecule has 180 valence electrons. The van der Waals surface area contributed by atoms with E-state index in [1.54, 1.807) is 24.0 Å². The monoisotopic (exact) mass is 498 g/mol. The lowest BCUT2D eigenvalue weighted by Crippen LogP contribution is -2.42. The Labute approximate surface area is 212 Å². The molecule has 0 aliphatic rings. The number of halogens is 1. The van der Waals surface area contributed by atoms with Crippen molar-refractivity contribution in [2.75, 3.05) is 5.73 Å². The maximum Gasteiger partial charge on any atom is 0.274 e. The van der Waals surface area contributed by atoms with E-state index in [1.165, 1.54) is 0 Å². The van der Waals surface area contributed by atoms with Crippen molar-refractivity contribution in [3.8, 4) is 22.5 Å². The molecule has 3 aromatic heterocycles. The molecule has 10 heteroatoms. The van der Waals surface area contributed by atoms with Gasteiger partial charge in [-0.15, -0.1) is 5.10 Å². The van der Waals surface area contributed by atoms with Crippen LogP contribution in [0.25, 0.3) is 33.5 Å². The molecule has 36 heavy (non-hydrogen) atoms. The fraction of sp³-hybridized carbons (Fsp3) is 0.154. The molecule has 5 rings (SSSR count). The second kappa shape index (κ2) is 9.01. The Kier molecular flexibility index (Phi) is 5.85. The standard InChI is InChI=1S/C26H23ClN8O/c1-26(2,19-11-7-8-12-29-19)32-25(36)23-24(28)31-20(15-9-5-4-6-10-15)21(30-23)16-13-17(27)22-18(14-16)35(3)34-33-22/h4-14H,1-3H3,(H2,28,31)(H,32,36). The van der Waals surface area contributed by atoms with Gasteiger partial charge in [0, 0.05) is 24.4 Å². The minimum atomic E-state index is -0.771. The van der Waals surface area contributed by atoms with Gasteiger partial charge in [-0.25, -0.2) is 14.6 Å².